The zero-order valence-corrected chi connectivity index (χ0v) is 12.5. The Hall–Kier alpha value is -3.14. The van der Waals surface area contributed by atoms with Crippen LogP contribution in [0.3, 0.4) is 0 Å². The monoisotopic (exact) mass is 304 g/mol. The summed E-state index contributed by atoms with van der Waals surface area (Å²) in [6.07, 6.45) is 3.41. The second kappa shape index (κ2) is 6.75. The van der Waals surface area contributed by atoms with Gasteiger partial charge in [-0.1, -0.05) is 24.8 Å². The van der Waals surface area contributed by atoms with Gasteiger partial charge in [0.15, 0.2) is 0 Å². The number of rotatable bonds is 5. The molecule has 0 aliphatic carbocycles. The van der Waals surface area contributed by atoms with Crippen LogP contribution >= 0.6 is 0 Å². The largest absolute Gasteiger partial charge is 0.489 e. The van der Waals surface area contributed by atoms with Crippen LogP contribution in [0.1, 0.15) is 10.4 Å². The maximum Gasteiger partial charge on any atom is 0.255 e. The van der Waals surface area contributed by atoms with Crippen molar-refractivity contribution in [2.75, 3.05) is 11.9 Å². The van der Waals surface area contributed by atoms with Crippen LogP contribution in [0.25, 0.3) is 10.9 Å². The SMILES string of the molecule is C=CCOc1cccc(NC(=O)c2ccc3ncccc3c2)c1. The van der Waals surface area contributed by atoms with Crippen LogP contribution in [0.4, 0.5) is 5.69 Å². The van der Waals surface area contributed by atoms with Gasteiger partial charge < -0.3 is 10.1 Å². The fraction of sp³-hybridized carbons (Fsp3) is 0.0526. The molecule has 0 aliphatic heterocycles. The average molecular weight is 304 g/mol. The van der Waals surface area contributed by atoms with Gasteiger partial charge in [0.1, 0.15) is 12.4 Å². The van der Waals surface area contributed by atoms with Crippen molar-refractivity contribution in [1.29, 1.82) is 0 Å². The lowest BCUT2D eigenvalue weighted by Gasteiger charge is -2.08. The molecule has 1 aromatic heterocycles. The molecule has 0 unspecified atom stereocenters. The molecular weight excluding hydrogens is 288 g/mol. The minimum Gasteiger partial charge on any atom is -0.489 e. The van der Waals surface area contributed by atoms with Gasteiger partial charge in [0.05, 0.1) is 5.52 Å². The van der Waals surface area contributed by atoms with E-state index in [-0.39, 0.29) is 5.91 Å². The average Bonchev–Trinajstić information content (AvgIpc) is 2.60. The van der Waals surface area contributed by atoms with Gasteiger partial charge in [-0.05, 0) is 36.4 Å². The van der Waals surface area contributed by atoms with E-state index in [1.807, 2.05) is 42.5 Å². The molecule has 23 heavy (non-hydrogen) atoms. The third kappa shape index (κ3) is 3.55. The van der Waals surface area contributed by atoms with Crippen LogP contribution in [0, 0.1) is 0 Å². The molecule has 0 spiro atoms. The van der Waals surface area contributed by atoms with Crippen molar-refractivity contribution in [3.05, 3.63) is 79.0 Å². The summed E-state index contributed by atoms with van der Waals surface area (Å²) in [6.45, 7) is 4.04. The van der Waals surface area contributed by atoms with E-state index in [2.05, 4.69) is 16.9 Å². The van der Waals surface area contributed by atoms with Crippen LogP contribution in [0.5, 0.6) is 5.75 Å². The second-order valence-electron chi connectivity index (χ2n) is 4.99. The molecule has 1 heterocycles. The Balaban J connectivity index is 1.78. The van der Waals surface area contributed by atoms with Crippen molar-refractivity contribution in [1.82, 2.24) is 4.98 Å². The second-order valence-corrected chi connectivity index (χ2v) is 4.99. The fourth-order valence-corrected chi connectivity index (χ4v) is 2.24. The fourth-order valence-electron chi connectivity index (χ4n) is 2.24. The van der Waals surface area contributed by atoms with Crippen molar-refractivity contribution < 1.29 is 9.53 Å². The summed E-state index contributed by atoms with van der Waals surface area (Å²) in [6, 6.07) is 16.5. The molecule has 3 aromatic rings. The van der Waals surface area contributed by atoms with Gasteiger partial charge in [0.2, 0.25) is 0 Å². The van der Waals surface area contributed by atoms with E-state index < -0.39 is 0 Å². The molecule has 0 bridgehead atoms. The number of benzene rings is 2. The highest BCUT2D eigenvalue weighted by Crippen LogP contribution is 2.19. The minimum absolute atomic E-state index is 0.170. The first-order valence-corrected chi connectivity index (χ1v) is 7.26. The Morgan fingerprint density at radius 3 is 2.96 bits per heavy atom. The van der Waals surface area contributed by atoms with E-state index in [0.29, 0.717) is 23.6 Å². The molecule has 0 saturated heterocycles. The van der Waals surface area contributed by atoms with Crippen molar-refractivity contribution in [2.45, 2.75) is 0 Å². The van der Waals surface area contributed by atoms with Crippen LogP contribution in [-0.4, -0.2) is 17.5 Å². The third-order valence-corrected chi connectivity index (χ3v) is 3.32. The lowest BCUT2D eigenvalue weighted by molar-refractivity contribution is 0.102. The quantitative estimate of drug-likeness (QED) is 0.723. The zero-order valence-electron chi connectivity index (χ0n) is 12.5. The van der Waals surface area contributed by atoms with Gasteiger partial charge in [-0.25, -0.2) is 0 Å². The highest BCUT2D eigenvalue weighted by Gasteiger charge is 2.08. The molecule has 0 fully saturated rings. The van der Waals surface area contributed by atoms with Crippen LogP contribution in [0.15, 0.2) is 73.4 Å². The zero-order chi connectivity index (χ0) is 16.1. The van der Waals surface area contributed by atoms with Gasteiger partial charge in [0.25, 0.3) is 5.91 Å². The molecule has 2 aromatic carbocycles. The predicted octanol–water partition coefficient (Wildman–Crippen LogP) is 4.05. The molecule has 0 aliphatic rings. The Bertz CT molecular complexity index is 859. The number of amides is 1. The predicted molar refractivity (Wildman–Crippen MR) is 91.8 cm³/mol. The Kier molecular flexibility index (Phi) is 4.34. The molecule has 0 radical (unpaired) electrons. The number of hydrogen-bond donors (Lipinski definition) is 1. The van der Waals surface area contributed by atoms with Crippen LogP contribution < -0.4 is 10.1 Å². The van der Waals surface area contributed by atoms with E-state index in [1.165, 1.54) is 0 Å². The maximum absolute atomic E-state index is 12.4. The summed E-state index contributed by atoms with van der Waals surface area (Å²) in [7, 11) is 0. The number of anilines is 1. The Labute approximate surface area is 134 Å². The highest BCUT2D eigenvalue weighted by molar-refractivity contribution is 6.06. The molecule has 1 amide bonds. The lowest BCUT2D eigenvalue weighted by atomic mass is 10.1. The minimum atomic E-state index is -0.170. The van der Waals surface area contributed by atoms with Gasteiger partial charge >= 0.3 is 0 Å². The van der Waals surface area contributed by atoms with E-state index in [1.54, 1.807) is 24.4 Å². The number of aromatic nitrogens is 1. The van der Waals surface area contributed by atoms with Gasteiger partial charge in [-0.15, -0.1) is 0 Å². The first-order valence-electron chi connectivity index (χ1n) is 7.26. The third-order valence-electron chi connectivity index (χ3n) is 3.32. The number of carbonyl (C=O) groups excluding carboxylic acids is 1. The molecular formula is C19H16N2O2. The summed E-state index contributed by atoms with van der Waals surface area (Å²) >= 11 is 0. The van der Waals surface area contributed by atoms with Crippen molar-refractivity contribution >= 4 is 22.5 Å². The molecule has 114 valence electrons. The Morgan fingerprint density at radius 2 is 2.09 bits per heavy atom. The summed E-state index contributed by atoms with van der Waals surface area (Å²) in [4.78, 5) is 16.6. The number of nitrogens with zero attached hydrogens (tertiary/aromatic N) is 1. The summed E-state index contributed by atoms with van der Waals surface area (Å²) < 4.78 is 5.46. The van der Waals surface area contributed by atoms with Crippen molar-refractivity contribution in [3.8, 4) is 5.75 Å². The topological polar surface area (TPSA) is 51.2 Å². The molecule has 0 saturated carbocycles. The van der Waals surface area contributed by atoms with Crippen molar-refractivity contribution in [3.63, 3.8) is 0 Å². The first-order chi connectivity index (χ1) is 11.3. The number of nitrogens with one attached hydrogen (secondary N) is 1. The lowest BCUT2D eigenvalue weighted by Crippen LogP contribution is -2.11. The van der Waals surface area contributed by atoms with Crippen LogP contribution in [0.2, 0.25) is 0 Å². The molecule has 4 nitrogen and oxygen atoms in total. The normalized spacial score (nSPS) is 10.3. The van der Waals surface area contributed by atoms with E-state index >= 15 is 0 Å². The standard InChI is InChI=1S/C19H16N2O2/c1-2-11-23-17-7-3-6-16(13-17)21-19(22)15-8-9-18-14(12-15)5-4-10-20-18/h2-10,12-13H,1,11H2,(H,21,22). The highest BCUT2D eigenvalue weighted by atomic mass is 16.5. The summed E-state index contributed by atoms with van der Waals surface area (Å²) in [5.74, 6) is 0.516. The van der Waals surface area contributed by atoms with E-state index in [4.69, 9.17) is 4.74 Å². The van der Waals surface area contributed by atoms with Gasteiger partial charge in [-0.3, -0.25) is 9.78 Å². The molecule has 1 N–H and O–H groups in total. The summed E-state index contributed by atoms with van der Waals surface area (Å²) in [5.41, 5.74) is 2.13. The maximum atomic E-state index is 12.4. The van der Waals surface area contributed by atoms with Crippen molar-refractivity contribution in [2.24, 2.45) is 0 Å². The number of pyridine rings is 1. The molecule has 3 rings (SSSR count). The van der Waals surface area contributed by atoms with Gasteiger partial charge in [0, 0.05) is 28.9 Å². The number of ether oxygens (including phenoxy) is 1. The summed E-state index contributed by atoms with van der Waals surface area (Å²) in [5, 5.41) is 3.81. The van der Waals surface area contributed by atoms with E-state index in [9.17, 15) is 4.79 Å². The van der Waals surface area contributed by atoms with Gasteiger partial charge in [-0.2, -0.15) is 0 Å². The Morgan fingerprint density at radius 1 is 1.17 bits per heavy atom. The number of hydrogen-bond acceptors (Lipinski definition) is 3. The smallest absolute Gasteiger partial charge is 0.255 e. The molecule has 0 atom stereocenters. The number of carbonyl (C=O) groups is 1. The van der Waals surface area contributed by atoms with E-state index in [0.717, 1.165) is 10.9 Å². The molecule has 4 heteroatoms. The number of fused-ring (bicyclic) bond motifs is 1. The van der Waals surface area contributed by atoms with Crippen LogP contribution in [-0.2, 0) is 0 Å². The first kappa shape index (κ1) is 14.8.